The van der Waals surface area contributed by atoms with Crippen molar-refractivity contribution >= 4 is 33.3 Å². The maximum absolute atomic E-state index is 13.3. The van der Waals surface area contributed by atoms with Crippen molar-refractivity contribution in [2.75, 3.05) is 0 Å². The summed E-state index contributed by atoms with van der Waals surface area (Å²) in [6, 6.07) is 15.0. The summed E-state index contributed by atoms with van der Waals surface area (Å²) in [4.78, 5) is 18.7. The molecule has 6 nitrogen and oxygen atoms in total. The Kier molecular flexibility index (Phi) is 5.02. The minimum absolute atomic E-state index is 0.117. The Labute approximate surface area is 168 Å². The van der Waals surface area contributed by atoms with E-state index < -0.39 is 0 Å². The fourth-order valence-electron chi connectivity index (χ4n) is 2.73. The third-order valence-corrected chi connectivity index (χ3v) is 5.80. The quantitative estimate of drug-likeness (QED) is 0.368. The number of benzene rings is 1. The highest BCUT2D eigenvalue weighted by Gasteiger charge is 2.17. The molecule has 0 aliphatic heterocycles. The van der Waals surface area contributed by atoms with Crippen LogP contribution in [0.5, 0.6) is 0 Å². The molecule has 0 fully saturated rings. The van der Waals surface area contributed by atoms with Crippen LogP contribution in [0.15, 0.2) is 75.5 Å². The van der Waals surface area contributed by atoms with E-state index in [0.717, 1.165) is 11.1 Å². The Balaban J connectivity index is 1.85. The third kappa shape index (κ3) is 3.33. The molecule has 4 aromatic rings. The molecule has 0 saturated heterocycles. The van der Waals surface area contributed by atoms with E-state index in [9.17, 15) is 4.79 Å². The predicted molar refractivity (Wildman–Crippen MR) is 110 cm³/mol. The van der Waals surface area contributed by atoms with Crippen LogP contribution in [0.1, 0.15) is 5.69 Å². The molecule has 0 atom stereocenters. The first-order valence-corrected chi connectivity index (χ1v) is 10.0. The van der Waals surface area contributed by atoms with E-state index >= 15 is 0 Å². The Hall–Kier alpha value is -3.28. The minimum Gasteiger partial charge on any atom is -0.283 e. The van der Waals surface area contributed by atoms with Crippen LogP contribution in [-0.4, -0.2) is 19.7 Å². The van der Waals surface area contributed by atoms with Crippen molar-refractivity contribution in [3.05, 3.63) is 76.5 Å². The fraction of sp³-hybridized carbons (Fsp3) is 0.0500. The third-order valence-electron chi connectivity index (χ3n) is 4.01. The Morgan fingerprint density at radius 2 is 2.04 bits per heavy atom. The maximum atomic E-state index is 13.3. The van der Waals surface area contributed by atoms with Gasteiger partial charge in [0.05, 0.1) is 5.39 Å². The number of rotatable bonds is 5. The van der Waals surface area contributed by atoms with Crippen LogP contribution >= 0.6 is 23.1 Å². The Bertz CT molecular complexity index is 1250. The molecule has 0 amide bonds. The van der Waals surface area contributed by atoms with Crippen molar-refractivity contribution in [3.63, 3.8) is 0 Å². The lowest BCUT2D eigenvalue weighted by Crippen LogP contribution is -2.22. The molecule has 3 aromatic heterocycles. The highest BCUT2D eigenvalue weighted by Crippen LogP contribution is 2.33. The Morgan fingerprint density at radius 1 is 1.21 bits per heavy atom. The number of hydrogen-bond acceptors (Lipinski definition) is 7. The van der Waals surface area contributed by atoms with Crippen LogP contribution in [0.25, 0.3) is 21.3 Å². The van der Waals surface area contributed by atoms with Gasteiger partial charge in [-0.3, -0.25) is 9.36 Å². The number of fused-ring (bicyclic) bond motifs is 1. The van der Waals surface area contributed by atoms with E-state index in [2.05, 4.69) is 16.8 Å². The van der Waals surface area contributed by atoms with E-state index in [0.29, 0.717) is 26.9 Å². The molecule has 1 aromatic carbocycles. The molecule has 0 radical (unpaired) electrons. The first-order chi connectivity index (χ1) is 13.7. The van der Waals surface area contributed by atoms with Crippen molar-refractivity contribution in [3.8, 4) is 17.2 Å². The average molecular weight is 403 g/mol. The van der Waals surface area contributed by atoms with Gasteiger partial charge in [0.25, 0.3) is 5.56 Å². The number of hydrogen-bond donors (Lipinski definition) is 0. The topological polar surface area (TPSA) is 84.5 Å². The Morgan fingerprint density at radius 3 is 2.71 bits per heavy atom. The van der Waals surface area contributed by atoms with Gasteiger partial charge in [-0.1, -0.05) is 36.4 Å². The van der Waals surface area contributed by atoms with Crippen LogP contribution in [-0.2, 0) is 6.54 Å². The lowest BCUT2D eigenvalue weighted by molar-refractivity contribution is 0.672. The largest absolute Gasteiger partial charge is 0.283 e. The summed E-state index contributed by atoms with van der Waals surface area (Å²) in [5, 5.41) is 20.3. The van der Waals surface area contributed by atoms with Gasteiger partial charge in [0, 0.05) is 17.5 Å². The summed E-state index contributed by atoms with van der Waals surface area (Å²) >= 11 is 2.67. The van der Waals surface area contributed by atoms with Gasteiger partial charge in [0.2, 0.25) is 0 Å². The molecule has 0 aliphatic rings. The monoisotopic (exact) mass is 403 g/mol. The summed E-state index contributed by atoms with van der Waals surface area (Å²) in [5.41, 5.74) is 1.98. The number of allylic oxidation sites excluding steroid dienone is 1. The highest BCUT2D eigenvalue weighted by molar-refractivity contribution is 7.99. The molecule has 8 heteroatoms. The van der Waals surface area contributed by atoms with E-state index in [1.165, 1.54) is 23.1 Å². The van der Waals surface area contributed by atoms with Gasteiger partial charge in [0.15, 0.2) is 10.9 Å². The van der Waals surface area contributed by atoms with E-state index in [1.54, 1.807) is 22.8 Å². The van der Waals surface area contributed by atoms with E-state index in [1.807, 2.05) is 41.8 Å². The predicted octanol–water partition coefficient (Wildman–Crippen LogP) is 4.12. The van der Waals surface area contributed by atoms with Crippen molar-refractivity contribution in [1.82, 2.24) is 19.7 Å². The zero-order valence-electron chi connectivity index (χ0n) is 14.6. The molecule has 0 saturated carbocycles. The fourth-order valence-corrected chi connectivity index (χ4v) is 4.54. The van der Waals surface area contributed by atoms with Crippen LogP contribution in [0.3, 0.4) is 0 Å². The maximum Gasteiger partial charge on any atom is 0.263 e. The van der Waals surface area contributed by atoms with Gasteiger partial charge in [-0.05, 0) is 29.5 Å². The molecule has 28 heavy (non-hydrogen) atoms. The van der Waals surface area contributed by atoms with Gasteiger partial charge in [-0.25, -0.2) is 4.98 Å². The van der Waals surface area contributed by atoms with Crippen molar-refractivity contribution < 1.29 is 0 Å². The zero-order valence-corrected chi connectivity index (χ0v) is 16.2. The molecule has 0 N–H and O–H groups in total. The van der Waals surface area contributed by atoms with Crippen molar-refractivity contribution in [2.24, 2.45) is 0 Å². The smallest absolute Gasteiger partial charge is 0.263 e. The normalized spacial score (nSPS) is 10.7. The summed E-state index contributed by atoms with van der Waals surface area (Å²) < 4.78 is 1.58. The lowest BCUT2D eigenvalue weighted by Gasteiger charge is -2.10. The van der Waals surface area contributed by atoms with E-state index in [4.69, 9.17) is 10.2 Å². The SMILES string of the molecule is C=CCn1c(Sc2ccc(C#N)nn2)nc2scc(-c3ccccc3)c2c1=O. The number of nitrogens with zero attached hydrogens (tertiary/aromatic N) is 5. The first-order valence-electron chi connectivity index (χ1n) is 8.31. The number of nitriles is 1. The van der Waals surface area contributed by atoms with Gasteiger partial charge in [0.1, 0.15) is 15.9 Å². The second-order valence-electron chi connectivity index (χ2n) is 5.77. The zero-order chi connectivity index (χ0) is 19.5. The number of aromatic nitrogens is 4. The molecule has 0 bridgehead atoms. The second kappa shape index (κ2) is 7.76. The second-order valence-corrected chi connectivity index (χ2v) is 7.61. The summed E-state index contributed by atoms with van der Waals surface area (Å²) in [5.74, 6) is 0. The highest BCUT2D eigenvalue weighted by atomic mass is 32.2. The summed E-state index contributed by atoms with van der Waals surface area (Å²) in [7, 11) is 0. The van der Waals surface area contributed by atoms with Gasteiger partial charge < -0.3 is 0 Å². The lowest BCUT2D eigenvalue weighted by atomic mass is 10.1. The minimum atomic E-state index is -0.117. The van der Waals surface area contributed by atoms with Crippen LogP contribution in [0, 0.1) is 11.3 Å². The molecule has 136 valence electrons. The standard InChI is InChI=1S/C20H13N5OS2/c1-2-10-25-19(26)17-15(13-6-4-3-5-7-13)12-27-18(17)22-20(25)28-16-9-8-14(11-21)23-24-16/h2-9,12H,1,10H2. The van der Waals surface area contributed by atoms with Gasteiger partial charge in [-0.2, -0.15) is 5.26 Å². The molecule has 0 unspecified atom stereocenters. The average Bonchev–Trinajstić information content (AvgIpc) is 3.16. The molecule has 0 spiro atoms. The van der Waals surface area contributed by atoms with Gasteiger partial charge in [-0.15, -0.1) is 28.1 Å². The van der Waals surface area contributed by atoms with Crippen LogP contribution in [0.2, 0.25) is 0 Å². The summed E-state index contributed by atoms with van der Waals surface area (Å²) in [6.45, 7) is 4.09. The molecule has 0 aliphatic carbocycles. The van der Waals surface area contributed by atoms with Crippen molar-refractivity contribution in [1.29, 1.82) is 5.26 Å². The first kappa shape index (κ1) is 18.1. The molecular formula is C20H13N5OS2. The molecule has 4 rings (SSSR count). The summed E-state index contributed by atoms with van der Waals surface area (Å²) in [6.07, 6.45) is 1.66. The number of thiophene rings is 1. The van der Waals surface area contributed by atoms with Crippen LogP contribution < -0.4 is 5.56 Å². The van der Waals surface area contributed by atoms with Gasteiger partial charge >= 0.3 is 0 Å². The molecular weight excluding hydrogens is 390 g/mol. The van der Waals surface area contributed by atoms with E-state index in [-0.39, 0.29) is 11.3 Å². The van der Waals surface area contributed by atoms with Crippen molar-refractivity contribution in [2.45, 2.75) is 16.7 Å². The molecule has 3 heterocycles. The van der Waals surface area contributed by atoms with Crippen LogP contribution in [0.4, 0.5) is 0 Å².